The van der Waals surface area contributed by atoms with Crippen LogP contribution >= 0.6 is 11.6 Å². The highest BCUT2D eigenvalue weighted by atomic mass is 35.5. The minimum Gasteiger partial charge on any atom is -0.447 e. The average molecular weight is 447 g/mol. The maximum atomic E-state index is 12.5. The normalized spacial score (nSPS) is 10.9. The predicted molar refractivity (Wildman–Crippen MR) is 123 cm³/mol. The van der Waals surface area contributed by atoms with Gasteiger partial charge in [0.05, 0.1) is 6.54 Å². The topological polar surface area (TPSA) is 71.3 Å². The van der Waals surface area contributed by atoms with Gasteiger partial charge in [0.15, 0.2) is 5.69 Å². The zero-order valence-electron chi connectivity index (χ0n) is 17.4. The van der Waals surface area contributed by atoms with Gasteiger partial charge in [0, 0.05) is 37.1 Å². The monoisotopic (exact) mass is 446 g/mol. The SMILES string of the molecule is O=C(NCc1cccnc1)c1coc(CN(Cc2ccccc2)Cc2ccccc2Cl)n1. The summed E-state index contributed by atoms with van der Waals surface area (Å²) in [5, 5.41) is 3.55. The van der Waals surface area contributed by atoms with Crippen LogP contribution in [0, 0.1) is 0 Å². The van der Waals surface area contributed by atoms with E-state index < -0.39 is 0 Å². The van der Waals surface area contributed by atoms with Crippen LogP contribution in [-0.2, 0) is 26.2 Å². The number of nitrogens with zero attached hydrogens (tertiary/aromatic N) is 3. The van der Waals surface area contributed by atoms with Crippen molar-refractivity contribution >= 4 is 17.5 Å². The van der Waals surface area contributed by atoms with E-state index in [1.165, 1.54) is 11.8 Å². The Morgan fingerprint density at radius 2 is 1.72 bits per heavy atom. The van der Waals surface area contributed by atoms with E-state index in [0.29, 0.717) is 37.1 Å². The van der Waals surface area contributed by atoms with Crippen LogP contribution in [0.5, 0.6) is 0 Å². The Labute approximate surface area is 191 Å². The molecule has 0 fully saturated rings. The molecule has 7 heteroatoms. The number of aromatic nitrogens is 2. The molecule has 2 aromatic heterocycles. The number of carbonyl (C=O) groups excluding carboxylic acids is 1. The van der Waals surface area contributed by atoms with Crippen LogP contribution < -0.4 is 5.32 Å². The maximum Gasteiger partial charge on any atom is 0.273 e. The molecule has 4 rings (SSSR count). The minimum absolute atomic E-state index is 0.251. The van der Waals surface area contributed by atoms with Crippen LogP contribution in [0.1, 0.15) is 33.1 Å². The molecule has 2 aromatic carbocycles. The van der Waals surface area contributed by atoms with Crippen molar-refractivity contribution in [3.8, 4) is 0 Å². The lowest BCUT2D eigenvalue weighted by Gasteiger charge is -2.21. The van der Waals surface area contributed by atoms with E-state index in [1.54, 1.807) is 12.4 Å². The molecule has 162 valence electrons. The van der Waals surface area contributed by atoms with Crippen molar-refractivity contribution in [2.45, 2.75) is 26.2 Å². The molecule has 0 spiro atoms. The molecule has 2 heterocycles. The molecule has 1 N–H and O–H groups in total. The van der Waals surface area contributed by atoms with Crippen molar-refractivity contribution in [2.24, 2.45) is 0 Å². The third kappa shape index (κ3) is 6.03. The molecule has 0 aliphatic heterocycles. The van der Waals surface area contributed by atoms with Crippen LogP contribution in [0.2, 0.25) is 5.02 Å². The van der Waals surface area contributed by atoms with Crippen LogP contribution in [-0.4, -0.2) is 20.8 Å². The Bertz CT molecular complexity index is 1150. The molecule has 32 heavy (non-hydrogen) atoms. The second-order valence-corrected chi connectivity index (χ2v) is 7.80. The van der Waals surface area contributed by atoms with E-state index in [2.05, 4.69) is 32.3 Å². The van der Waals surface area contributed by atoms with Crippen molar-refractivity contribution in [3.63, 3.8) is 0 Å². The Kier molecular flexibility index (Phi) is 7.27. The van der Waals surface area contributed by atoms with Crippen molar-refractivity contribution in [3.05, 3.63) is 119 Å². The first-order valence-corrected chi connectivity index (χ1v) is 10.7. The van der Waals surface area contributed by atoms with Gasteiger partial charge in [-0.1, -0.05) is 66.2 Å². The molecule has 0 radical (unpaired) electrons. The van der Waals surface area contributed by atoms with Crippen LogP contribution in [0.25, 0.3) is 0 Å². The first-order valence-electron chi connectivity index (χ1n) is 10.3. The van der Waals surface area contributed by atoms with Crippen LogP contribution in [0.4, 0.5) is 0 Å². The number of nitrogens with one attached hydrogen (secondary N) is 1. The fraction of sp³-hybridized carbons (Fsp3) is 0.160. The molecule has 0 atom stereocenters. The number of benzene rings is 2. The standard InChI is InChI=1S/C25H23ClN4O2/c26-22-11-5-4-10-21(22)16-30(15-19-7-2-1-3-8-19)17-24-29-23(18-32-24)25(31)28-14-20-9-6-12-27-13-20/h1-13,18H,14-17H2,(H,28,31). The van der Waals surface area contributed by atoms with Gasteiger partial charge in [-0.3, -0.25) is 14.7 Å². The lowest BCUT2D eigenvalue weighted by Crippen LogP contribution is -2.24. The summed E-state index contributed by atoms with van der Waals surface area (Å²) in [7, 11) is 0. The van der Waals surface area contributed by atoms with Crippen LogP contribution in [0.3, 0.4) is 0 Å². The van der Waals surface area contributed by atoms with Crippen molar-refractivity contribution < 1.29 is 9.21 Å². The quantitative estimate of drug-likeness (QED) is 0.397. The van der Waals surface area contributed by atoms with Crippen molar-refractivity contribution in [2.75, 3.05) is 0 Å². The molecule has 0 saturated carbocycles. The van der Waals surface area contributed by atoms with Gasteiger partial charge in [0.25, 0.3) is 5.91 Å². The van der Waals surface area contributed by atoms with Gasteiger partial charge in [0.1, 0.15) is 6.26 Å². The van der Waals surface area contributed by atoms with Gasteiger partial charge in [-0.2, -0.15) is 0 Å². The smallest absolute Gasteiger partial charge is 0.273 e. The van der Waals surface area contributed by atoms with E-state index in [0.717, 1.165) is 11.1 Å². The fourth-order valence-corrected chi connectivity index (χ4v) is 3.53. The summed E-state index contributed by atoms with van der Waals surface area (Å²) in [6.07, 6.45) is 4.80. The molecule has 4 aromatic rings. The summed E-state index contributed by atoms with van der Waals surface area (Å²) in [6.45, 7) is 2.13. The number of pyridine rings is 1. The van der Waals surface area contributed by atoms with E-state index >= 15 is 0 Å². The van der Waals surface area contributed by atoms with Crippen LogP contribution in [0.15, 0.2) is 89.8 Å². The van der Waals surface area contributed by atoms with E-state index in [1.807, 2.05) is 54.6 Å². The third-order valence-electron chi connectivity index (χ3n) is 4.92. The molecule has 0 bridgehead atoms. The van der Waals surface area contributed by atoms with Gasteiger partial charge in [0.2, 0.25) is 5.89 Å². The highest BCUT2D eigenvalue weighted by molar-refractivity contribution is 6.31. The fourth-order valence-electron chi connectivity index (χ4n) is 3.33. The summed E-state index contributed by atoms with van der Waals surface area (Å²) < 4.78 is 5.62. The van der Waals surface area contributed by atoms with Gasteiger partial charge in [-0.15, -0.1) is 0 Å². The first kappa shape index (κ1) is 21.7. The number of amides is 1. The van der Waals surface area contributed by atoms with Gasteiger partial charge >= 0.3 is 0 Å². The minimum atomic E-state index is -0.287. The Morgan fingerprint density at radius 3 is 2.50 bits per heavy atom. The summed E-state index contributed by atoms with van der Waals surface area (Å²) in [5.41, 5.74) is 3.35. The number of hydrogen-bond donors (Lipinski definition) is 1. The Hall–Kier alpha value is -3.48. The maximum absolute atomic E-state index is 12.5. The van der Waals surface area contributed by atoms with E-state index in [4.69, 9.17) is 16.0 Å². The van der Waals surface area contributed by atoms with Gasteiger partial charge in [-0.05, 0) is 28.8 Å². The number of oxazole rings is 1. The molecule has 0 aliphatic rings. The molecule has 6 nitrogen and oxygen atoms in total. The summed E-state index contributed by atoms with van der Waals surface area (Å²) >= 11 is 6.38. The molecule has 0 saturated heterocycles. The lowest BCUT2D eigenvalue weighted by atomic mass is 10.1. The largest absolute Gasteiger partial charge is 0.447 e. The number of rotatable bonds is 9. The summed E-state index contributed by atoms with van der Waals surface area (Å²) in [6, 6.07) is 21.7. The average Bonchev–Trinajstić information content (AvgIpc) is 3.29. The van der Waals surface area contributed by atoms with E-state index in [9.17, 15) is 4.79 Å². The zero-order valence-corrected chi connectivity index (χ0v) is 18.2. The van der Waals surface area contributed by atoms with E-state index in [-0.39, 0.29) is 11.6 Å². The lowest BCUT2D eigenvalue weighted by molar-refractivity contribution is 0.0945. The summed E-state index contributed by atoms with van der Waals surface area (Å²) in [5.74, 6) is 0.184. The number of halogens is 1. The molecule has 0 aliphatic carbocycles. The van der Waals surface area contributed by atoms with Crippen molar-refractivity contribution in [1.29, 1.82) is 0 Å². The number of carbonyl (C=O) groups is 1. The second-order valence-electron chi connectivity index (χ2n) is 7.39. The predicted octanol–water partition coefficient (Wildman–Crippen LogP) is 4.86. The molecule has 0 unspecified atom stereocenters. The van der Waals surface area contributed by atoms with Gasteiger partial charge < -0.3 is 9.73 Å². The Morgan fingerprint density at radius 1 is 0.938 bits per heavy atom. The van der Waals surface area contributed by atoms with Gasteiger partial charge in [-0.25, -0.2) is 4.98 Å². The number of hydrogen-bond acceptors (Lipinski definition) is 5. The van der Waals surface area contributed by atoms with Crippen molar-refractivity contribution in [1.82, 2.24) is 20.2 Å². The Balaban J connectivity index is 1.44. The third-order valence-corrected chi connectivity index (χ3v) is 5.29. The first-order chi connectivity index (χ1) is 15.7. The highest BCUT2D eigenvalue weighted by Crippen LogP contribution is 2.20. The molecular formula is C25H23ClN4O2. The molecular weight excluding hydrogens is 424 g/mol. The highest BCUT2D eigenvalue weighted by Gasteiger charge is 2.16. The molecule has 1 amide bonds. The summed E-state index contributed by atoms with van der Waals surface area (Å²) in [4.78, 5) is 23.1. The second kappa shape index (κ2) is 10.7. The zero-order chi connectivity index (χ0) is 22.2.